The SMILES string of the molecule is CCCCCC(I)CC(=O)c1ccccc1. The van der Waals surface area contributed by atoms with Crippen LogP contribution < -0.4 is 0 Å². The second kappa shape index (κ2) is 7.82. The van der Waals surface area contributed by atoms with E-state index >= 15 is 0 Å². The van der Waals surface area contributed by atoms with Crippen molar-refractivity contribution in [3.05, 3.63) is 35.9 Å². The molecule has 0 radical (unpaired) electrons. The van der Waals surface area contributed by atoms with Crippen molar-refractivity contribution in [2.75, 3.05) is 0 Å². The zero-order valence-electron chi connectivity index (χ0n) is 9.79. The van der Waals surface area contributed by atoms with Crippen LogP contribution in [0.1, 0.15) is 49.4 Å². The molecule has 1 rings (SSSR count). The summed E-state index contributed by atoms with van der Waals surface area (Å²) in [5.74, 6) is 0.275. The van der Waals surface area contributed by atoms with Gasteiger partial charge in [-0.1, -0.05) is 79.1 Å². The first-order chi connectivity index (χ1) is 7.74. The van der Waals surface area contributed by atoms with Crippen molar-refractivity contribution in [2.24, 2.45) is 0 Å². The van der Waals surface area contributed by atoms with Crippen LogP contribution in [0.5, 0.6) is 0 Å². The molecule has 0 bridgehead atoms. The molecule has 0 N–H and O–H groups in total. The summed E-state index contributed by atoms with van der Waals surface area (Å²) in [5, 5.41) is 0. The quantitative estimate of drug-likeness (QED) is 0.308. The summed E-state index contributed by atoms with van der Waals surface area (Å²) in [6.07, 6.45) is 5.60. The van der Waals surface area contributed by atoms with Crippen molar-refractivity contribution in [1.29, 1.82) is 0 Å². The molecule has 0 amide bonds. The van der Waals surface area contributed by atoms with E-state index in [1.165, 1.54) is 19.3 Å². The molecule has 1 aromatic rings. The van der Waals surface area contributed by atoms with E-state index in [1.807, 2.05) is 30.3 Å². The maximum absolute atomic E-state index is 11.9. The molecule has 2 heteroatoms. The van der Waals surface area contributed by atoms with Gasteiger partial charge in [-0.15, -0.1) is 0 Å². The van der Waals surface area contributed by atoms with Gasteiger partial charge in [0, 0.05) is 15.9 Å². The van der Waals surface area contributed by atoms with E-state index in [0.717, 1.165) is 12.0 Å². The Kier molecular flexibility index (Phi) is 6.69. The minimum atomic E-state index is 0.275. The minimum Gasteiger partial charge on any atom is -0.294 e. The van der Waals surface area contributed by atoms with Crippen LogP contribution >= 0.6 is 22.6 Å². The highest BCUT2D eigenvalue weighted by atomic mass is 127. The zero-order valence-corrected chi connectivity index (χ0v) is 11.9. The Morgan fingerprint density at radius 1 is 1.25 bits per heavy atom. The molecule has 0 aromatic heterocycles. The molecule has 16 heavy (non-hydrogen) atoms. The Morgan fingerprint density at radius 3 is 2.56 bits per heavy atom. The molecule has 0 saturated carbocycles. The summed E-state index contributed by atoms with van der Waals surface area (Å²) < 4.78 is 0.483. The molecule has 0 aliphatic carbocycles. The third kappa shape index (κ3) is 5.10. The van der Waals surface area contributed by atoms with Gasteiger partial charge in [0.25, 0.3) is 0 Å². The fraction of sp³-hybridized carbons (Fsp3) is 0.500. The Hall–Kier alpha value is -0.380. The molecule has 0 aliphatic rings. The molecular weight excluding hydrogens is 311 g/mol. The van der Waals surface area contributed by atoms with Gasteiger partial charge in [-0.25, -0.2) is 0 Å². The second-order valence-electron chi connectivity index (χ2n) is 4.09. The van der Waals surface area contributed by atoms with Crippen LogP contribution in [-0.4, -0.2) is 9.71 Å². The van der Waals surface area contributed by atoms with Crippen molar-refractivity contribution in [1.82, 2.24) is 0 Å². The van der Waals surface area contributed by atoms with Crippen molar-refractivity contribution in [2.45, 2.75) is 43.0 Å². The van der Waals surface area contributed by atoms with Gasteiger partial charge in [0.05, 0.1) is 0 Å². The van der Waals surface area contributed by atoms with Crippen LogP contribution in [0.3, 0.4) is 0 Å². The lowest BCUT2D eigenvalue weighted by atomic mass is 10.0. The van der Waals surface area contributed by atoms with Gasteiger partial charge in [-0.05, 0) is 6.42 Å². The molecule has 0 heterocycles. The molecule has 1 unspecified atom stereocenters. The topological polar surface area (TPSA) is 17.1 Å². The molecule has 0 spiro atoms. The van der Waals surface area contributed by atoms with Crippen molar-refractivity contribution >= 4 is 28.4 Å². The molecule has 0 aliphatic heterocycles. The van der Waals surface area contributed by atoms with Gasteiger partial charge in [0.1, 0.15) is 0 Å². The minimum absolute atomic E-state index is 0.275. The molecule has 1 atom stereocenters. The second-order valence-corrected chi connectivity index (χ2v) is 5.85. The molecule has 0 fully saturated rings. The van der Waals surface area contributed by atoms with Gasteiger partial charge < -0.3 is 0 Å². The van der Waals surface area contributed by atoms with Crippen molar-refractivity contribution < 1.29 is 4.79 Å². The van der Waals surface area contributed by atoms with Crippen LogP contribution in [0, 0.1) is 0 Å². The lowest BCUT2D eigenvalue weighted by molar-refractivity contribution is 0.0982. The van der Waals surface area contributed by atoms with E-state index in [2.05, 4.69) is 29.5 Å². The lowest BCUT2D eigenvalue weighted by Crippen LogP contribution is -2.07. The zero-order chi connectivity index (χ0) is 11.8. The van der Waals surface area contributed by atoms with E-state index in [-0.39, 0.29) is 5.78 Å². The Bertz CT molecular complexity index is 308. The van der Waals surface area contributed by atoms with E-state index in [4.69, 9.17) is 0 Å². The average Bonchev–Trinajstić information content (AvgIpc) is 2.30. The highest BCUT2D eigenvalue weighted by molar-refractivity contribution is 14.1. The summed E-state index contributed by atoms with van der Waals surface area (Å²) in [7, 11) is 0. The maximum atomic E-state index is 11.9. The Balaban J connectivity index is 2.34. The largest absolute Gasteiger partial charge is 0.294 e. The monoisotopic (exact) mass is 330 g/mol. The molecule has 1 nitrogen and oxygen atoms in total. The fourth-order valence-corrected chi connectivity index (χ4v) is 2.50. The van der Waals surface area contributed by atoms with E-state index in [0.29, 0.717) is 10.3 Å². The summed E-state index contributed by atoms with van der Waals surface area (Å²) in [4.78, 5) is 11.9. The van der Waals surface area contributed by atoms with Crippen molar-refractivity contribution in [3.63, 3.8) is 0 Å². The standard InChI is InChI=1S/C14H19IO/c1-2-3-5-10-13(15)11-14(16)12-8-6-4-7-9-12/h4,6-9,13H,2-3,5,10-11H2,1H3. The maximum Gasteiger partial charge on any atom is 0.163 e. The van der Waals surface area contributed by atoms with Gasteiger partial charge in [0.15, 0.2) is 5.78 Å². The van der Waals surface area contributed by atoms with E-state index < -0.39 is 0 Å². The third-order valence-corrected chi connectivity index (χ3v) is 3.69. The number of ketones is 1. The van der Waals surface area contributed by atoms with E-state index in [9.17, 15) is 4.79 Å². The molecular formula is C14H19IO. The normalized spacial score (nSPS) is 12.4. The van der Waals surface area contributed by atoms with Gasteiger partial charge in [-0.3, -0.25) is 4.79 Å². The summed E-state index contributed by atoms with van der Waals surface area (Å²) in [6.45, 7) is 2.21. The number of rotatable bonds is 7. The average molecular weight is 330 g/mol. The Labute approximate surface area is 112 Å². The van der Waals surface area contributed by atoms with E-state index in [1.54, 1.807) is 0 Å². The number of unbranched alkanes of at least 4 members (excludes halogenated alkanes) is 2. The van der Waals surface area contributed by atoms with Gasteiger partial charge in [-0.2, -0.15) is 0 Å². The number of carbonyl (C=O) groups excluding carboxylic acids is 1. The highest BCUT2D eigenvalue weighted by Gasteiger charge is 2.11. The number of hydrogen-bond donors (Lipinski definition) is 0. The van der Waals surface area contributed by atoms with Crippen LogP contribution in [0.25, 0.3) is 0 Å². The lowest BCUT2D eigenvalue weighted by Gasteiger charge is -2.08. The summed E-state index contributed by atoms with van der Waals surface area (Å²) >= 11 is 2.40. The predicted octanol–water partition coefficient (Wildman–Crippen LogP) is 4.64. The number of halogens is 1. The first kappa shape index (κ1) is 13.7. The van der Waals surface area contributed by atoms with Gasteiger partial charge >= 0.3 is 0 Å². The number of hydrogen-bond acceptors (Lipinski definition) is 1. The van der Waals surface area contributed by atoms with Crippen LogP contribution in [-0.2, 0) is 0 Å². The van der Waals surface area contributed by atoms with Crippen LogP contribution in [0.4, 0.5) is 0 Å². The third-order valence-electron chi connectivity index (χ3n) is 2.62. The number of benzene rings is 1. The van der Waals surface area contributed by atoms with Gasteiger partial charge in [0.2, 0.25) is 0 Å². The summed E-state index contributed by atoms with van der Waals surface area (Å²) in [5.41, 5.74) is 0.847. The van der Waals surface area contributed by atoms with Crippen LogP contribution in [0.15, 0.2) is 30.3 Å². The Morgan fingerprint density at radius 2 is 1.94 bits per heavy atom. The van der Waals surface area contributed by atoms with Crippen molar-refractivity contribution in [3.8, 4) is 0 Å². The van der Waals surface area contributed by atoms with Crippen LogP contribution in [0.2, 0.25) is 0 Å². The fourth-order valence-electron chi connectivity index (χ4n) is 1.66. The molecule has 0 saturated heterocycles. The number of Topliss-reactive ketones (excluding diaryl/α,β-unsaturated/α-hetero) is 1. The number of carbonyl (C=O) groups is 1. The smallest absolute Gasteiger partial charge is 0.163 e. The molecule has 1 aromatic carbocycles. The summed E-state index contributed by atoms with van der Waals surface area (Å²) in [6, 6.07) is 9.59. The number of alkyl halides is 1. The first-order valence-electron chi connectivity index (χ1n) is 5.96. The highest BCUT2D eigenvalue weighted by Crippen LogP contribution is 2.17. The predicted molar refractivity (Wildman–Crippen MR) is 77.3 cm³/mol. The molecule has 88 valence electrons. The first-order valence-corrected chi connectivity index (χ1v) is 7.21.